The van der Waals surface area contributed by atoms with E-state index in [0.29, 0.717) is 17.8 Å². The van der Waals surface area contributed by atoms with Gasteiger partial charge in [0.2, 0.25) is 0 Å². The van der Waals surface area contributed by atoms with Gasteiger partial charge in [0.05, 0.1) is 11.3 Å². The highest BCUT2D eigenvalue weighted by Gasteiger charge is 2.15. The normalized spacial score (nSPS) is 11.8. The lowest BCUT2D eigenvalue weighted by Gasteiger charge is -2.17. The van der Waals surface area contributed by atoms with E-state index in [-0.39, 0.29) is 11.9 Å². The zero-order valence-corrected chi connectivity index (χ0v) is 14.2. The molecule has 6 nitrogen and oxygen atoms in total. The van der Waals surface area contributed by atoms with Gasteiger partial charge in [-0.25, -0.2) is 9.37 Å². The molecule has 1 amide bonds. The lowest BCUT2D eigenvalue weighted by Crippen LogP contribution is -2.18. The summed E-state index contributed by atoms with van der Waals surface area (Å²) in [6.07, 6.45) is 5.36. The van der Waals surface area contributed by atoms with Gasteiger partial charge in [-0.15, -0.1) is 0 Å². The minimum absolute atomic E-state index is 0.187. The van der Waals surface area contributed by atoms with E-state index in [4.69, 9.17) is 5.73 Å². The van der Waals surface area contributed by atoms with E-state index >= 15 is 0 Å². The van der Waals surface area contributed by atoms with Crippen LogP contribution in [0.3, 0.4) is 0 Å². The summed E-state index contributed by atoms with van der Waals surface area (Å²) in [4.78, 5) is 24.5. The lowest BCUT2D eigenvalue weighted by atomic mass is 10.1. The van der Waals surface area contributed by atoms with Crippen LogP contribution in [0.2, 0.25) is 0 Å². The van der Waals surface area contributed by atoms with Gasteiger partial charge in [0, 0.05) is 36.7 Å². The van der Waals surface area contributed by atoms with E-state index in [1.54, 1.807) is 42.9 Å². The summed E-state index contributed by atoms with van der Waals surface area (Å²) in [7, 11) is 0. The highest BCUT2D eigenvalue weighted by molar-refractivity contribution is 5.97. The van der Waals surface area contributed by atoms with E-state index < -0.39 is 5.91 Å². The Balaban J connectivity index is 1.86. The van der Waals surface area contributed by atoms with Crippen LogP contribution in [-0.4, -0.2) is 20.9 Å². The third-order valence-electron chi connectivity index (χ3n) is 3.92. The molecule has 1 aromatic carbocycles. The minimum Gasteiger partial charge on any atom is -0.365 e. The van der Waals surface area contributed by atoms with Crippen molar-refractivity contribution >= 4 is 11.7 Å². The van der Waals surface area contributed by atoms with Crippen LogP contribution in [0.15, 0.2) is 55.0 Å². The van der Waals surface area contributed by atoms with Gasteiger partial charge < -0.3 is 11.1 Å². The number of nitrogens with zero attached hydrogens (tertiary/aromatic N) is 3. The molecular formula is C19H18FN5O. The number of nitrogens with one attached hydrogen (secondary N) is 1. The predicted octanol–water partition coefficient (Wildman–Crippen LogP) is 2.87. The summed E-state index contributed by atoms with van der Waals surface area (Å²) in [5.41, 5.74) is 8.11. The fourth-order valence-electron chi connectivity index (χ4n) is 2.55. The molecule has 2 heterocycles. The molecule has 0 aliphatic heterocycles. The largest absolute Gasteiger partial charge is 0.365 e. The second kappa shape index (κ2) is 7.69. The van der Waals surface area contributed by atoms with E-state index in [1.807, 2.05) is 6.92 Å². The maximum Gasteiger partial charge on any atom is 0.252 e. The summed E-state index contributed by atoms with van der Waals surface area (Å²) < 4.78 is 13.1. The first kappa shape index (κ1) is 17.5. The van der Waals surface area contributed by atoms with Crippen LogP contribution in [0.25, 0.3) is 0 Å². The molecular weight excluding hydrogens is 333 g/mol. The summed E-state index contributed by atoms with van der Waals surface area (Å²) in [6, 6.07) is 9.33. The number of rotatable bonds is 6. The van der Waals surface area contributed by atoms with E-state index in [1.165, 1.54) is 12.1 Å². The SMILES string of the molecule is C[C@H](Nc1nc(Cc2cnccn2)ccc1C(N)=O)c1ccc(F)cc1. The number of aromatic nitrogens is 3. The summed E-state index contributed by atoms with van der Waals surface area (Å²) >= 11 is 0. The average molecular weight is 351 g/mol. The first-order valence-electron chi connectivity index (χ1n) is 8.09. The Bertz CT molecular complexity index is 900. The summed E-state index contributed by atoms with van der Waals surface area (Å²) in [5.74, 6) is -0.490. The Kier molecular flexibility index (Phi) is 5.17. The summed E-state index contributed by atoms with van der Waals surface area (Å²) in [5, 5.41) is 3.18. The third-order valence-corrected chi connectivity index (χ3v) is 3.92. The van der Waals surface area contributed by atoms with Gasteiger partial charge in [0.15, 0.2) is 0 Å². The number of halogens is 1. The van der Waals surface area contributed by atoms with Crippen molar-refractivity contribution in [1.82, 2.24) is 15.0 Å². The van der Waals surface area contributed by atoms with Gasteiger partial charge in [0.1, 0.15) is 11.6 Å². The van der Waals surface area contributed by atoms with Crippen molar-refractivity contribution in [1.29, 1.82) is 0 Å². The van der Waals surface area contributed by atoms with Crippen LogP contribution < -0.4 is 11.1 Å². The van der Waals surface area contributed by atoms with E-state index in [9.17, 15) is 9.18 Å². The molecule has 3 rings (SSSR count). The fourth-order valence-corrected chi connectivity index (χ4v) is 2.55. The molecule has 0 aliphatic rings. The molecule has 3 N–H and O–H groups in total. The number of carbonyl (C=O) groups excluding carboxylic acids is 1. The number of hydrogen-bond acceptors (Lipinski definition) is 5. The Morgan fingerprint density at radius 1 is 1.15 bits per heavy atom. The first-order chi connectivity index (χ1) is 12.5. The molecule has 7 heteroatoms. The molecule has 26 heavy (non-hydrogen) atoms. The molecule has 0 unspecified atom stereocenters. The van der Waals surface area contributed by atoms with Gasteiger partial charge in [-0.3, -0.25) is 14.8 Å². The Morgan fingerprint density at radius 2 is 1.92 bits per heavy atom. The lowest BCUT2D eigenvalue weighted by molar-refractivity contribution is 0.100. The second-order valence-electron chi connectivity index (χ2n) is 5.85. The Labute approximate surface area is 150 Å². The van der Waals surface area contributed by atoms with Gasteiger partial charge in [-0.05, 0) is 36.8 Å². The van der Waals surface area contributed by atoms with Crippen molar-refractivity contribution in [3.8, 4) is 0 Å². The molecule has 1 atom stereocenters. The second-order valence-corrected chi connectivity index (χ2v) is 5.85. The number of carbonyl (C=O) groups is 1. The van der Waals surface area contributed by atoms with Crippen LogP contribution in [0.1, 0.15) is 40.3 Å². The maximum absolute atomic E-state index is 13.1. The van der Waals surface area contributed by atoms with Crippen molar-refractivity contribution < 1.29 is 9.18 Å². The third kappa shape index (κ3) is 4.18. The minimum atomic E-state index is -0.572. The maximum atomic E-state index is 13.1. The molecule has 0 bridgehead atoms. The number of benzene rings is 1. The highest BCUT2D eigenvalue weighted by atomic mass is 19.1. The zero-order valence-electron chi connectivity index (χ0n) is 14.2. The molecule has 0 saturated heterocycles. The average Bonchev–Trinajstić information content (AvgIpc) is 2.63. The predicted molar refractivity (Wildman–Crippen MR) is 96.0 cm³/mol. The summed E-state index contributed by atoms with van der Waals surface area (Å²) in [6.45, 7) is 1.90. The molecule has 0 saturated carbocycles. The monoisotopic (exact) mass is 351 g/mol. The number of amides is 1. The van der Waals surface area contributed by atoms with E-state index in [0.717, 1.165) is 17.0 Å². The van der Waals surface area contributed by atoms with Crippen LogP contribution >= 0.6 is 0 Å². The smallest absolute Gasteiger partial charge is 0.252 e. The number of hydrogen-bond donors (Lipinski definition) is 2. The molecule has 0 spiro atoms. The fraction of sp³-hybridized carbons (Fsp3) is 0.158. The van der Waals surface area contributed by atoms with Crippen molar-refractivity contribution in [3.05, 3.63) is 83.3 Å². The van der Waals surface area contributed by atoms with Crippen molar-refractivity contribution in [2.24, 2.45) is 5.73 Å². The van der Waals surface area contributed by atoms with Crippen LogP contribution in [0, 0.1) is 5.82 Å². The molecule has 3 aromatic rings. The Morgan fingerprint density at radius 3 is 2.58 bits per heavy atom. The van der Waals surface area contributed by atoms with Gasteiger partial charge in [-0.2, -0.15) is 0 Å². The molecule has 0 fully saturated rings. The standard InChI is InChI=1S/C19H18FN5O/c1-12(13-2-4-14(20)5-3-13)24-19-17(18(21)26)7-6-15(25-19)10-16-11-22-8-9-23-16/h2-9,11-12H,10H2,1H3,(H2,21,26)(H,24,25)/t12-/m0/s1. The van der Waals surface area contributed by atoms with Crippen molar-refractivity contribution in [3.63, 3.8) is 0 Å². The number of pyridine rings is 1. The van der Waals surface area contributed by atoms with Gasteiger partial charge >= 0.3 is 0 Å². The van der Waals surface area contributed by atoms with Crippen molar-refractivity contribution in [2.45, 2.75) is 19.4 Å². The number of anilines is 1. The first-order valence-corrected chi connectivity index (χ1v) is 8.09. The van der Waals surface area contributed by atoms with Crippen LogP contribution in [0.5, 0.6) is 0 Å². The molecule has 0 aliphatic carbocycles. The van der Waals surface area contributed by atoms with Gasteiger partial charge in [0.25, 0.3) is 5.91 Å². The van der Waals surface area contributed by atoms with Crippen molar-refractivity contribution in [2.75, 3.05) is 5.32 Å². The zero-order chi connectivity index (χ0) is 18.5. The number of nitrogens with two attached hydrogens (primary N) is 1. The molecule has 132 valence electrons. The van der Waals surface area contributed by atoms with Gasteiger partial charge in [-0.1, -0.05) is 12.1 Å². The quantitative estimate of drug-likeness (QED) is 0.712. The topological polar surface area (TPSA) is 93.8 Å². The molecule has 2 aromatic heterocycles. The molecule has 0 radical (unpaired) electrons. The van der Waals surface area contributed by atoms with Crippen LogP contribution in [-0.2, 0) is 6.42 Å². The highest BCUT2D eigenvalue weighted by Crippen LogP contribution is 2.22. The van der Waals surface area contributed by atoms with Crippen LogP contribution in [0.4, 0.5) is 10.2 Å². The Hall–Kier alpha value is -3.35. The number of primary amides is 1. The van der Waals surface area contributed by atoms with E-state index in [2.05, 4.69) is 20.3 Å².